The molecule has 6 heteroatoms. The minimum absolute atomic E-state index is 0.136. The molecule has 0 spiro atoms. The molecule has 1 N–H and O–H groups in total. The van der Waals surface area contributed by atoms with E-state index in [-0.39, 0.29) is 23.5 Å². The monoisotopic (exact) mass is 349 g/mol. The third-order valence-corrected chi connectivity index (χ3v) is 4.52. The van der Waals surface area contributed by atoms with Gasteiger partial charge in [-0.3, -0.25) is 4.79 Å². The Kier molecular flexibility index (Phi) is 6.49. The summed E-state index contributed by atoms with van der Waals surface area (Å²) in [6.45, 7) is 1.86. The lowest BCUT2D eigenvalue weighted by Gasteiger charge is -2.18. The van der Waals surface area contributed by atoms with Gasteiger partial charge < -0.3 is 14.8 Å². The van der Waals surface area contributed by atoms with Gasteiger partial charge in [-0.25, -0.2) is 4.39 Å². The molecule has 2 aromatic carbocycles. The number of halogens is 1. The molecule has 24 heavy (non-hydrogen) atoms. The lowest BCUT2D eigenvalue weighted by molar-refractivity contribution is -0.119. The molecule has 4 nitrogen and oxygen atoms in total. The van der Waals surface area contributed by atoms with Gasteiger partial charge in [0, 0.05) is 10.5 Å². The van der Waals surface area contributed by atoms with E-state index in [0.717, 1.165) is 5.56 Å². The highest BCUT2D eigenvalue weighted by Gasteiger charge is 2.15. The van der Waals surface area contributed by atoms with E-state index < -0.39 is 0 Å². The quantitative estimate of drug-likeness (QED) is 0.772. The Hall–Kier alpha value is -2.21. The number of rotatable bonds is 7. The number of benzene rings is 2. The van der Waals surface area contributed by atoms with Crippen molar-refractivity contribution in [1.82, 2.24) is 5.32 Å². The number of carbonyl (C=O) groups is 1. The van der Waals surface area contributed by atoms with Crippen LogP contribution in [0, 0.1) is 5.82 Å². The molecule has 128 valence electrons. The standard InChI is InChI=1S/C18H20FNO3S/c1-12(14-10-13(22-2)8-9-16(14)23-3)20-18(21)11-24-17-7-5-4-6-15(17)19/h4-10,12H,11H2,1-3H3,(H,20,21). The van der Waals surface area contributed by atoms with Crippen LogP contribution in [0.5, 0.6) is 11.5 Å². The van der Waals surface area contributed by atoms with Gasteiger partial charge in [-0.1, -0.05) is 12.1 Å². The molecule has 0 radical (unpaired) electrons. The molecule has 0 saturated carbocycles. The fourth-order valence-corrected chi connectivity index (χ4v) is 2.99. The van der Waals surface area contributed by atoms with Crippen molar-refractivity contribution in [2.75, 3.05) is 20.0 Å². The predicted octanol–water partition coefficient (Wildman–Crippen LogP) is 3.81. The number of thioether (sulfide) groups is 1. The Balaban J connectivity index is 2.00. The summed E-state index contributed by atoms with van der Waals surface area (Å²) in [6, 6.07) is 11.6. The predicted molar refractivity (Wildman–Crippen MR) is 93.2 cm³/mol. The molecule has 0 fully saturated rings. The molecular formula is C18H20FNO3S. The van der Waals surface area contributed by atoms with Crippen molar-refractivity contribution in [3.05, 3.63) is 53.8 Å². The third-order valence-electron chi connectivity index (χ3n) is 3.48. The van der Waals surface area contributed by atoms with E-state index in [2.05, 4.69) is 5.32 Å². The smallest absolute Gasteiger partial charge is 0.230 e. The molecule has 1 amide bonds. The van der Waals surface area contributed by atoms with Gasteiger partial charge in [0.05, 0.1) is 26.0 Å². The fraction of sp³-hybridized carbons (Fsp3) is 0.278. The van der Waals surface area contributed by atoms with Crippen molar-refractivity contribution >= 4 is 17.7 Å². The van der Waals surface area contributed by atoms with Crippen molar-refractivity contribution in [3.63, 3.8) is 0 Å². The van der Waals surface area contributed by atoms with Crippen molar-refractivity contribution in [2.24, 2.45) is 0 Å². The number of carbonyl (C=O) groups excluding carboxylic acids is 1. The maximum Gasteiger partial charge on any atom is 0.230 e. The first-order valence-corrected chi connectivity index (χ1v) is 8.42. The first kappa shape index (κ1) is 18.1. The van der Waals surface area contributed by atoms with Crippen LogP contribution in [0.25, 0.3) is 0 Å². The number of ether oxygens (including phenoxy) is 2. The minimum Gasteiger partial charge on any atom is -0.497 e. The average Bonchev–Trinajstić information content (AvgIpc) is 2.60. The Morgan fingerprint density at radius 2 is 1.96 bits per heavy atom. The van der Waals surface area contributed by atoms with Gasteiger partial charge in [0.25, 0.3) is 0 Å². The van der Waals surface area contributed by atoms with Gasteiger partial charge in [0.2, 0.25) is 5.91 Å². The van der Waals surface area contributed by atoms with Gasteiger partial charge in [-0.15, -0.1) is 11.8 Å². The number of nitrogens with one attached hydrogen (secondary N) is 1. The van der Waals surface area contributed by atoms with E-state index in [1.54, 1.807) is 44.6 Å². The summed E-state index contributed by atoms with van der Waals surface area (Å²) in [6.07, 6.45) is 0. The molecular weight excluding hydrogens is 329 g/mol. The SMILES string of the molecule is COc1ccc(OC)c(C(C)NC(=O)CSc2ccccc2F)c1. The first-order valence-electron chi connectivity index (χ1n) is 7.43. The average molecular weight is 349 g/mol. The molecule has 2 rings (SSSR count). The molecule has 0 heterocycles. The summed E-state index contributed by atoms with van der Waals surface area (Å²) in [4.78, 5) is 12.6. The molecule has 1 atom stereocenters. The molecule has 0 aliphatic rings. The van der Waals surface area contributed by atoms with E-state index in [1.165, 1.54) is 17.8 Å². The van der Waals surface area contributed by atoms with Crippen LogP contribution in [0.15, 0.2) is 47.4 Å². The third kappa shape index (κ3) is 4.64. The number of hydrogen-bond acceptors (Lipinski definition) is 4. The summed E-state index contributed by atoms with van der Waals surface area (Å²) in [7, 11) is 3.16. The van der Waals surface area contributed by atoms with Gasteiger partial charge >= 0.3 is 0 Å². The molecule has 0 aromatic heterocycles. The molecule has 0 aliphatic carbocycles. The van der Waals surface area contributed by atoms with E-state index in [9.17, 15) is 9.18 Å². The van der Waals surface area contributed by atoms with Gasteiger partial charge in [-0.05, 0) is 37.3 Å². The molecule has 0 aliphatic heterocycles. The molecule has 2 aromatic rings. The summed E-state index contributed by atoms with van der Waals surface area (Å²) in [5.41, 5.74) is 0.820. The van der Waals surface area contributed by atoms with Crippen molar-refractivity contribution in [3.8, 4) is 11.5 Å². The maximum atomic E-state index is 13.6. The van der Waals surface area contributed by atoms with Gasteiger partial charge in [-0.2, -0.15) is 0 Å². The largest absolute Gasteiger partial charge is 0.497 e. The van der Waals surface area contributed by atoms with Crippen LogP contribution in [0.2, 0.25) is 0 Å². The van der Waals surface area contributed by atoms with Gasteiger partial charge in [0.15, 0.2) is 0 Å². The maximum absolute atomic E-state index is 13.6. The van der Waals surface area contributed by atoms with Crippen LogP contribution < -0.4 is 14.8 Å². The Labute approximate surface area is 145 Å². The zero-order chi connectivity index (χ0) is 17.5. The van der Waals surface area contributed by atoms with Crippen LogP contribution in [0.4, 0.5) is 4.39 Å². The Morgan fingerprint density at radius 1 is 1.21 bits per heavy atom. The highest BCUT2D eigenvalue weighted by molar-refractivity contribution is 8.00. The van der Waals surface area contributed by atoms with Crippen molar-refractivity contribution in [2.45, 2.75) is 17.9 Å². The fourth-order valence-electron chi connectivity index (χ4n) is 2.24. The summed E-state index contributed by atoms with van der Waals surface area (Å²) >= 11 is 1.17. The zero-order valence-electron chi connectivity index (χ0n) is 13.8. The molecule has 0 saturated heterocycles. The van der Waals surface area contributed by atoms with E-state index >= 15 is 0 Å². The zero-order valence-corrected chi connectivity index (χ0v) is 14.7. The van der Waals surface area contributed by atoms with E-state index in [4.69, 9.17) is 9.47 Å². The summed E-state index contributed by atoms with van der Waals surface area (Å²) in [5, 5.41) is 2.89. The molecule has 0 bridgehead atoms. The second kappa shape index (κ2) is 8.59. The van der Waals surface area contributed by atoms with E-state index in [1.807, 2.05) is 13.0 Å². The van der Waals surface area contributed by atoms with E-state index in [0.29, 0.717) is 16.4 Å². The first-order chi connectivity index (χ1) is 11.5. The Bertz CT molecular complexity index is 708. The summed E-state index contributed by atoms with van der Waals surface area (Å²) in [5.74, 6) is 0.994. The second-order valence-corrected chi connectivity index (χ2v) is 6.13. The highest BCUT2D eigenvalue weighted by Crippen LogP contribution is 2.29. The van der Waals surface area contributed by atoms with Crippen LogP contribution in [0.3, 0.4) is 0 Å². The molecule has 1 unspecified atom stereocenters. The second-order valence-electron chi connectivity index (χ2n) is 5.12. The normalized spacial score (nSPS) is 11.7. The lowest BCUT2D eigenvalue weighted by Crippen LogP contribution is -2.28. The topological polar surface area (TPSA) is 47.6 Å². The van der Waals surface area contributed by atoms with Crippen molar-refractivity contribution in [1.29, 1.82) is 0 Å². The Morgan fingerprint density at radius 3 is 2.62 bits per heavy atom. The minimum atomic E-state index is -0.321. The highest BCUT2D eigenvalue weighted by atomic mass is 32.2. The summed E-state index contributed by atoms with van der Waals surface area (Å²) < 4.78 is 24.1. The van der Waals surface area contributed by atoms with Crippen molar-refractivity contribution < 1.29 is 18.7 Å². The van der Waals surface area contributed by atoms with Gasteiger partial charge in [0.1, 0.15) is 17.3 Å². The van der Waals surface area contributed by atoms with Crippen LogP contribution in [0.1, 0.15) is 18.5 Å². The number of hydrogen-bond donors (Lipinski definition) is 1. The van der Waals surface area contributed by atoms with Crippen LogP contribution >= 0.6 is 11.8 Å². The lowest BCUT2D eigenvalue weighted by atomic mass is 10.1. The number of amides is 1. The van der Waals surface area contributed by atoms with Crippen LogP contribution in [-0.2, 0) is 4.79 Å². The van der Waals surface area contributed by atoms with Crippen LogP contribution in [-0.4, -0.2) is 25.9 Å². The number of methoxy groups -OCH3 is 2.